The standard InChI is InChI=1S/C25H29N2O5/c1-24(2)13-20(21(22(28)29)25(3,4)27(24)31)26-23(30)32-14-19-17-11-7-5-9-15(17)16-10-6-8-12-18(16)19/h5-12,19-21H,13-14H2,1-4H3,(H,26,30)(H,28,29)/t20-,21+/m0/s1. The van der Waals surface area contributed by atoms with Gasteiger partial charge in [0, 0.05) is 17.5 Å². The lowest BCUT2D eigenvalue weighted by molar-refractivity contribution is -0.303. The Balaban J connectivity index is 1.50. The molecule has 7 nitrogen and oxygen atoms in total. The van der Waals surface area contributed by atoms with Crippen molar-refractivity contribution in [1.29, 1.82) is 0 Å². The molecule has 2 aromatic carbocycles. The molecule has 2 aliphatic rings. The first-order chi connectivity index (χ1) is 15.0. The first-order valence-corrected chi connectivity index (χ1v) is 10.9. The van der Waals surface area contributed by atoms with Crippen molar-refractivity contribution in [1.82, 2.24) is 10.4 Å². The molecule has 2 N–H and O–H groups in total. The summed E-state index contributed by atoms with van der Waals surface area (Å²) in [6.45, 7) is 6.86. The number of alkyl carbamates (subject to hydrolysis) is 1. The summed E-state index contributed by atoms with van der Waals surface area (Å²) < 4.78 is 5.60. The van der Waals surface area contributed by atoms with Crippen molar-refractivity contribution < 1.29 is 24.6 Å². The summed E-state index contributed by atoms with van der Waals surface area (Å²) in [6, 6.07) is 15.4. The number of fused-ring (bicyclic) bond motifs is 3. The Bertz CT molecular complexity index is 1000. The number of piperidine rings is 1. The van der Waals surface area contributed by atoms with Gasteiger partial charge in [-0.1, -0.05) is 48.5 Å². The van der Waals surface area contributed by atoms with Crippen LogP contribution in [0, 0.1) is 5.92 Å². The minimum absolute atomic E-state index is 0.0835. The summed E-state index contributed by atoms with van der Waals surface area (Å²) in [4.78, 5) is 24.7. The minimum Gasteiger partial charge on any atom is -0.481 e. The second kappa shape index (κ2) is 7.90. The predicted octanol–water partition coefficient (Wildman–Crippen LogP) is 4.20. The molecule has 7 heteroatoms. The van der Waals surface area contributed by atoms with Gasteiger partial charge in [-0.25, -0.2) is 4.79 Å². The molecular weight excluding hydrogens is 408 g/mol. The van der Waals surface area contributed by atoms with E-state index in [0.717, 1.165) is 27.3 Å². The molecule has 0 saturated carbocycles. The van der Waals surface area contributed by atoms with Crippen molar-refractivity contribution in [2.24, 2.45) is 5.92 Å². The SMILES string of the molecule is CC1(C)C[C@H](NC(=O)OCC2c3ccccc3-c3ccccc32)[C@H](C(=O)O)C(C)(C)N1[O]. The third-order valence-corrected chi connectivity index (χ3v) is 6.87. The van der Waals surface area contributed by atoms with E-state index in [1.807, 2.05) is 36.4 Å². The maximum atomic E-state index is 12.8. The number of ether oxygens (including phenoxy) is 1. The smallest absolute Gasteiger partial charge is 0.407 e. The van der Waals surface area contributed by atoms with E-state index in [4.69, 9.17) is 4.74 Å². The molecule has 1 heterocycles. The number of hydroxylamine groups is 2. The number of aliphatic carboxylic acids is 1. The average Bonchev–Trinajstić information content (AvgIpc) is 3.04. The van der Waals surface area contributed by atoms with Crippen LogP contribution in [-0.4, -0.2) is 46.0 Å². The lowest BCUT2D eigenvalue weighted by Crippen LogP contribution is -2.69. The number of hydrogen-bond donors (Lipinski definition) is 2. The lowest BCUT2D eigenvalue weighted by atomic mass is 9.71. The van der Waals surface area contributed by atoms with Crippen molar-refractivity contribution in [3.05, 3.63) is 59.7 Å². The van der Waals surface area contributed by atoms with Crippen molar-refractivity contribution in [3.63, 3.8) is 0 Å². The summed E-state index contributed by atoms with van der Waals surface area (Å²) in [7, 11) is 0. The number of carbonyl (C=O) groups is 2. The van der Waals surface area contributed by atoms with E-state index in [1.165, 1.54) is 0 Å². The molecule has 1 saturated heterocycles. The van der Waals surface area contributed by atoms with Crippen LogP contribution in [0.2, 0.25) is 0 Å². The Hall–Kier alpha value is -2.90. The van der Waals surface area contributed by atoms with Crippen LogP contribution in [0.1, 0.15) is 51.2 Å². The van der Waals surface area contributed by atoms with Gasteiger partial charge in [0.05, 0.1) is 11.5 Å². The minimum atomic E-state index is -1.19. The highest BCUT2D eigenvalue weighted by molar-refractivity contribution is 5.79. The second-order valence-corrected chi connectivity index (χ2v) is 9.86. The third kappa shape index (κ3) is 3.65. The van der Waals surface area contributed by atoms with Crippen LogP contribution < -0.4 is 5.32 Å². The molecule has 32 heavy (non-hydrogen) atoms. The number of carboxylic acids is 1. The van der Waals surface area contributed by atoms with Gasteiger partial charge in [-0.2, -0.15) is 0 Å². The van der Waals surface area contributed by atoms with Crippen LogP contribution in [0.5, 0.6) is 0 Å². The largest absolute Gasteiger partial charge is 0.481 e. The van der Waals surface area contributed by atoms with E-state index in [9.17, 15) is 19.9 Å². The van der Waals surface area contributed by atoms with E-state index < -0.39 is 35.1 Å². The molecule has 2 atom stereocenters. The maximum Gasteiger partial charge on any atom is 0.407 e. The van der Waals surface area contributed by atoms with E-state index in [1.54, 1.807) is 27.7 Å². The van der Waals surface area contributed by atoms with Crippen LogP contribution in [0.4, 0.5) is 4.79 Å². The Kier molecular flexibility index (Phi) is 5.51. The molecule has 1 aliphatic heterocycles. The fraction of sp³-hybridized carbons (Fsp3) is 0.440. The molecule has 1 fully saturated rings. The van der Waals surface area contributed by atoms with E-state index in [2.05, 4.69) is 17.4 Å². The zero-order chi connectivity index (χ0) is 23.3. The van der Waals surface area contributed by atoms with Crippen LogP contribution in [0.15, 0.2) is 48.5 Å². The van der Waals surface area contributed by atoms with Gasteiger partial charge < -0.3 is 15.2 Å². The maximum absolute atomic E-state index is 12.8. The fourth-order valence-electron chi connectivity index (χ4n) is 5.54. The molecule has 0 unspecified atom stereocenters. The van der Waals surface area contributed by atoms with Gasteiger partial charge in [0.15, 0.2) is 0 Å². The van der Waals surface area contributed by atoms with E-state index >= 15 is 0 Å². The predicted molar refractivity (Wildman–Crippen MR) is 118 cm³/mol. The molecule has 1 radical (unpaired) electrons. The average molecular weight is 438 g/mol. The molecule has 0 aromatic heterocycles. The topological polar surface area (TPSA) is 98.8 Å². The number of amides is 1. The second-order valence-electron chi connectivity index (χ2n) is 9.86. The number of nitrogens with one attached hydrogen (secondary N) is 1. The number of benzene rings is 2. The van der Waals surface area contributed by atoms with Gasteiger partial charge in [0.1, 0.15) is 6.61 Å². The highest BCUT2D eigenvalue weighted by atomic mass is 16.5. The summed E-state index contributed by atoms with van der Waals surface area (Å²) >= 11 is 0. The summed E-state index contributed by atoms with van der Waals surface area (Å²) in [5, 5.41) is 26.2. The number of rotatable bonds is 4. The Morgan fingerprint density at radius 1 is 1.03 bits per heavy atom. The summed E-state index contributed by atoms with van der Waals surface area (Å²) in [5.41, 5.74) is 2.47. The number of hydrogen-bond acceptors (Lipinski definition) is 4. The molecule has 4 rings (SSSR count). The van der Waals surface area contributed by atoms with Gasteiger partial charge in [-0.3, -0.25) is 4.79 Å². The monoisotopic (exact) mass is 437 g/mol. The number of carbonyl (C=O) groups excluding carboxylic acids is 1. The molecular formula is C25H29N2O5. The third-order valence-electron chi connectivity index (χ3n) is 6.87. The van der Waals surface area contributed by atoms with Crippen LogP contribution in [0.3, 0.4) is 0 Å². The molecule has 0 spiro atoms. The number of nitrogens with zero attached hydrogens (tertiary/aromatic N) is 1. The Labute approximate surface area is 188 Å². The fourth-order valence-corrected chi connectivity index (χ4v) is 5.54. The summed E-state index contributed by atoms with van der Waals surface area (Å²) in [5.74, 6) is -2.26. The quantitative estimate of drug-likeness (QED) is 0.747. The van der Waals surface area contributed by atoms with E-state index in [0.29, 0.717) is 0 Å². The van der Waals surface area contributed by atoms with Gasteiger partial charge in [-0.05, 0) is 56.4 Å². The van der Waals surface area contributed by atoms with Crippen molar-refractivity contribution in [2.75, 3.05) is 6.61 Å². The van der Waals surface area contributed by atoms with Crippen LogP contribution >= 0.6 is 0 Å². The first kappa shape index (κ1) is 22.3. The molecule has 0 bridgehead atoms. The summed E-state index contributed by atoms with van der Waals surface area (Å²) in [6.07, 6.45) is -0.463. The lowest BCUT2D eigenvalue weighted by Gasteiger charge is -2.53. The highest BCUT2D eigenvalue weighted by Crippen LogP contribution is 2.45. The van der Waals surface area contributed by atoms with Gasteiger partial charge in [-0.15, -0.1) is 10.3 Å². The Morgan fingerprint density at radius 2 is 1.56 bits per heavy atom. The van der Waals surface area contributed by atoms with Gasteiger partial charge in [0.25, 0.3) is 0 Å². The van der Waals surface area contributed by atoms with E-state index in [-0.39, 0.29) is 18.9 Å². The van der Waals surface area contributed by atoms with Gasteiger partial charge >= 0.3 is 12.1 Å². The zero-order valence-corrected chi connectivity index (χ0v) is 18.8. The Morgan fingerprint density at radius 3 is 2.09 bits per heavy atom. The number of carboxylic acid groups (broad SMARTS) is 1. The molecule has 1 aliphatic carbocycles. The van der Waals surface area contributed by atoms with Crippen LogP contribution in [-0.2, 0) is 14.7 Å². The van der Waals surface area contributed by atoms with Crippen molar-refractivity contribution >= 4 is 12.1 Å². The zero-order valence-electron chi connectivity index (χ0n) is 18.8. The van der Waals surface area contributed by atoms with Crippen LogP contribution in [0.25, 0.3) is 11.1 Å². The van der Waals surface area contributed by atoms with Crippen molar-refractivity contribution in [3.8, 4) is 11.1 Å². The molecule has 1 amide bonds. The highest BCUT2D eigenvalue weighted by Gasteiger charge is 2.56. The van der Waals surface area contributed by atoms with Crippen molar-refractivity contribution in [2.45, 2.75) is 57.2 Å². The first-order valence-electron chi connectivity index (χ1n) is 10.9. The molecule has 169 valence electrons. The normalized spacial score (nSPS) is 23.8. The van der Waals surface area contributed by atoms with Gasteiger partial charge in [0.2, 0.25) is 0 Å². The molecule has 2 aromatic rings.